The van der Waals surface area contributed by atoms with Crippen molar-refractivity contribution in [3.05, 3.63) is 65.5 Å². The molecule has 0 aromatic heterocycles. The normalized spacial score (nSPS) is 17.0. The van der Waals surface area contributed by atoms with Gasteiger partial charge in [0, 0.05) is 18.8 Å². The molecule has 1 aliphatic rings. The van der Waals surface area contributed by atoms with Crippen LogP contribution in [0.1, 0.15) is 35.7 Å². The number of carbonyl (C=O) groups is 2. The number of halogens is 1. The standard InChI is InChI=1S/C21H23FN2O2/c1-2-15-7-5-9-17(13-15)23-20(25)16-8-6-12-24(14-16)21(26)18-10-3-4-11-19(18)22/h3-5,7,9-11,13,16H,2,6,8,12,14H2,1H3,(H,23,25)/t16-/m1/s1. The molecular weight excluding hydrogens is 331 g/mol. The van der Waals surface area contributed by atoms with Crippen molar-refractivity contribution in [1.82, 2.24) is 4.90 Å². The minimum atomic E-state index is -0.527. The summed E-state index contributed by atoms with van der Waals surface area (Å²) in [7, 11) is 0. The fraction of sp³-hybridized carbons (Fsp3) is 0.333. The maximum atomic E-state index is 13.9. The van der Waals surface area contributed by atoms with Gasteiger partial charge in [0.1, 0.15) is 5.82 Å². The van der Waals surface area contributed by atoms with E-state index in [0.717, 1.165) is 30.5 Å². The Hall–Kier alpha value is -2.69. The summed E-state index contributed by atoms with van der Waals surface area (Å²) >= 11 is 0. The third-order valence-electron chi connectivity index (χ3n) is 4.79. The van der Waals surface area contributed by atoms with Crippen LogP contribution in [0.25, 0.3) is 0 Å². The first-order valence-electron chi connectivity index (χ1n) is 9.02. The highest BCUT2D eigenvalue weighted by atomic mass is 19.1. The number of amides is 2. The summed E-state index contributed by atoms with van der Waals surface area (Å²) in [4.78, 5) is 26.8. The van der Waals surface area contributed by atoms with Gasteiger partial charge in [0.15, 0.2) is 0 Å². The molecule has 0 spiro atoms. The van der Waals surface area contributed by atoms with Gasteiger partial charge in [-0.25, -0.2) is 4.39 Å². The summed E-state index contributed by atoms with van der Waals surface area (Å²) < 4.78 is 13.9. The average molecular weight is 354 g/mol. The van der Waals surface area contributed by atoms with Crippen molar-refractivity contribution in [2.75, 3.05) is 18.4 Å². The third kappa shape index (κ3) is 4.10. The van der Waals surface area contributed by atoms with Crippen LogP contribution in [0.5, 0.6) is 0 Å². The van der Waals surface area contributed by atoms with Crippen molar-refractivity contribution in [2.24, 2.45) is 5.92 Å². The summed E-state index contributed by atoms with van der Waals surface area (Å²) in [6, 6.07) is 13.7. The van der Waals surface area contributed by atoms with Crippen LogP contribution in [-0.2, 0) is 11.2 Å². The molecule has 0 saturated carbocycles. The van der Waals surface area contributed by atoms with Crippen LogP contribution in [0.2, 0.25) is 0 Å². The fourth-order valence-corrected chi connectivity index (χ4v) is 3.29. The Morgan fingerprint density at radius 3 is 2.77 bits per heavy atom. The Morgan fingerprint density at radius 2 is 2.00 bits per heavy atom. The lowest BCUT2D eigenvalue weighted by atomic mass is 9.96. The summed E-state index contributed by atoms with van der Waals surface area (Å²) in [5.74, 6) is -1.26. The van der Waals surface area contributed by atoms with Crippen molar-refractivity contribution in [3.63, 3.8) is 0 Å². The van der Waals surface area contributed by atoms with E-state index in [1.165, 1.54) is 12.1 Å². The van der Waals surface area contributed by atoms with Crippen molar-refractivity contribution >= 4 is 17.5 Å². The van der Waals surface area contributed by atoms with Crippen LogP contribution in [0.4, 0.5) is 10.1 Å². The highest BCUT2D eigenvalue weighted by molar-refractivity contribution is 5.96. The molecule has 5 heteroatoms. The quantitative estimate of drug-likeness (QED) is 0.906. The monoisotopic (exact) mass is 354 g/mol. The molecule has 1 fully saturated rings. The van der Waals surface area contributed by atoms with Crippen molar-refractivity contribution in [1.29, 1.82) is 0 Å². The van der Waals surface area contributed by atoms with Gasteiger partial charge >= 0.3 is 0 Å². The molecule has 1 N–H and O–H groups in total. The molecule has 2 amide bonds. The van der Waals surface area contributed by atoms with Crippen LogP contribution in [0.3, 0.4) is 0 Å². The number of anilines is 1. The zero-order valence-electron chi connectivity index (χ0n) is 14.9. The van der Waals surface area contributed by atoms with Gasteiger partial charge in [-0.3, -0.25) is 9.59 Å². The number of likely N-dealkylation sites (tertiary alicyclic amines) is 1. The van der Waals surface area contributed by atoms with E-state index in [1.54, 1.807) is 17.0 Å². The highest BCUT2D eigenvalue weighted by Gasteiger charge is 2.29. The topological polar surface area (TPSA) is 49.4 Å². The molecule has 4 nitrogen and oxygen atoms in total. The number of nitrogens with one attached hydrogen (secondary N) is 1. The van der Waals surface area contributed by atoms with E-state index in [9.17, 15) is 14.0 Å². The van der Waals surface area contributed by atoms with Gasteiger partial charge < -0.3 is 10.2 Å². The summed E-state index contributed by atoms with van der Waals surface area (Å²) in [5, 5.41) is 2.95. The molecule has 0 unspecified atom stereocenters. The second-order valence-electron chi connectivity index (χ2n) is 6.61. The molecule has 3 rings (SSSR count). The number of carbonyl (C=O) groups excluding carboxylic acids is 2. The lowest BCUT2D eigenvalue weighted by molar-refractivity contribution is -0.121. The predicted molar refractivity (Wildman–Crippen MR) is 99.5 cm³/mol. The van der Waals surface area contributed by atoms with E-state index in [1.807, 2.05) is 24.3 Å². The maximum absolute atomic E-state index is 13.9. The van der Waals surface area contributed by atoms with Gasteiger partial charge in [-0.05, 0) is 49.1 Å². The van der Waals surface area contributed by atoms with E-state index >= 15 is 0 Å². The first-order chi connectivity index (χ1) is 12.6. The van der Waals surface area contributed by atoms with E-state index in [-0.39, 0.29) is 23.3 Å². The molecule has 26 heavy (non-hydrogen) atoms. The number of aryl methyl sites for hydroxylation is 1. The summed E-state index contributed by atoms with van der Waals surface area (Å²) in [6.45, 7) is 2.92. The SMILES string of the molecule is CCc1cccc(NC(=O)[C@@H]2CCCN(C(=O)c3ccccc3F)C2)c1. The predicted octanol–water partition coefficient (Wildman–Crippen LogP) is 3.88. The number of nitrogens with zero attached hydrogens (tertiary/aromatic N) is 1. The van der Waals surface area contributed by atoms with E-state index < -0.39 is 5.82 Å². The fourth-order valence-electron chi connectivity index (χ4n) is 3.29. The van der Waals surface area contributed by atoms with Crippen LogP contribution in [-0.4, -0.2) is 29.8 Å². The van der Waals surface area contributed by atoms with E-state index in [0.29, 0.717) is 13.1 Å². The second-order valence-corrected chi connectivity index (χ2v) is 6.61. The molecule has 0 bridgehead atoms. The van der Waals surface area contributed by atoms with E-state index in [4.69, 9.17) is 0 Å². The zero-order valence-corrected chi connectivity index (χ0v) is 14.9. The average Bonchev–Trinajstić information content (AvgIpc) is 2.68. The van der Waals surface area contributed by atoms with Crippen LogP contribution >= 0.6 is 0 Å². The van der Waals surface area contributed by atoms with Gasteiger partial charge in [0.2, 0.25) is 5.91 Å². The summed E-state index contributed by atoms with van der Waals surface area (Å²) in [6.07, 6.45) is 2.35. The van der Waals surface area contributed by atoms with Gasteiger partial charge in [-0.1, -0.05) is 31.2 Å². The molecule has 2 aromatic carbocycles. The Bertz CT molecular complexity index is 806. The van der Waals surface area contributed by atoms with Crippen molar-refractivity contribution in [2.45, 2.75) is 26.2 Å². The molecule has 1 atom stereocenters. The molecule has 1 heterocycles. The molecular formula is C21H23FN2O2. The molecule has 0 radical (unpaired) electrons. The maximum Gasteiger partial charge on any atom is 0.256 e. The minimum Gasteiger partial charge on any atom is -0.338 e. The minimum absolute atomic E-state index is 0.0594. The van der Waals surface area contributed by atoms with Crippen LogP contribution in [0, 0.1) is 11.7 Å². The molecule has 1 aliphatic heterocycles. The van der Waals surface area contributed by atoms with Crippen molar-refractivity contribution in [3.8, 4) is 0 Å². The Morgan fingerprint density at radius 1 is 1.19 bits per heavy atom. The lowest BCUT2D eigenvalue weighted by Crippen LogP contribution is -2.44. The highest BCUT2D eigenvalue weighted by Crippen LogP contribution is 2.22. The van der Waals surface area contributed by atoms with Crippen molar-refractivity contribution < 1.29 is 14.0 Å². The second kappa shape index (κ2) is 8.13. The molecule has 0 aliphatic carbocycles. The Balaban J connectivity index is 1.67. The van der Waals surface area contributed by atoms with E-state index in [2.05, 4.69) is 12.2 Å². The Kier molecular flexibility index (Phi) is 5.66. The van der Waals surface area contributed by atoms with Crippen LogP contribution in [0.15, 0.2) is 48.5 Å². The lowest BCUT2D eigenvalue weighted by Gasteiger charge is -2.32. The number of rotatable bonds is 4. The number of benzene rings is 2. The number of hydrogen-bond acceptors (Lipinski definition) is 2. The summed E-state index contributed by atoms with van der Waals surface area (Å²) in [5.41, 5.74) is 1.99. The van der Waals surface area contributed by atoms with Crippen LogP contribution < -0.4 is 5.32 Å². The van der Waals surface area contributed by atoms with Gasteiger partial charge in [-0.15, -0.1) is 0 Å². The number of piperidine rings is 1. The molecule has 2 aromatic rings. The van der Waals surface area contributed by atoms with Gasteiger partial charge in [0.25, 0.3) is 5.91 Å². The molecule has 136 valence electrons. The first-order valence-corrected chi connectivity index (χ1v) is 9.02. The Labute approximate surface area is 153 Å². The largest absolute Gasteiger partial charge is 0.338 e. The zero-order chi connectivity index (χ0) is 18.5. The molecule has 1 saturated heterocycles. The third-order valence-corrected chi connectivity index (χ3v) is 4.79. The first kappa shape index (κ1) is 18.1. The number of hydrogen-bond donors (Lipinski definition) is 1. The van der Waals surface area contributed by atoms with Gasteiger partial charge in [-0.2, -0.15) is 0 Å². The smallest absolute Gasteiger partial charge is 0.256 e. The van der Waals surface area contributed by atoms with Gasteiger partial charge in [0.05, 0.1) is 11.5 Å².